The minimum atomic E-state index is -1.06. The molecule has 0 saturated heterocycles. The van der Waals surface area contributed by atoms with Gasteiger partial charge < -0.3 is 4.74 Å². The van der Waals surface area contributed by atoms with E-state index in [0.717, 1.165) is 5.56 Å². The van der Waals surface area contributed by atoms with Gasteiger partial charge in [0, 0.05) is 0 Å². The van der Waals surface area contributed by atoms with Crippen LogP contribution in [-0.4, -0.2) is 18.2 Å². The van der Waals surface area contributed by atoms with Crippen LogP contribution in [0.4, 0.5) is 4.79 Å². The molecule has 0 heterocycles. The molecule has 6 nitrogen and oxygen atoms in total. The van der Waals surface area contributed by atoms with Gasteiger partial charge in [0.1, 0.15) is 6.10 Å². The van der Waals surface area contributed by atoms with Crippen LogP contribution in [0.15, 0.2) is 24.3 Å². The monoisotopic (exact) mass is 268 g/mol. The van der Waals surface area contributed by atoms with Gasteiger partial charge in [-0.3, -0.25) is 4.89 Å². The normalized spacial score (nSPS) is 11.5. The summed E-state index contributed by atoms with van der Waals surface area (Å²) in [6, 6.07) is 6.70. The minimum absolute atomic E-state index is 0.291. The van der Waals surface area contributed by atoms with Crippen LogP contribution in [0.1, 0.15) is 36.2 Å². The summed E-state index contributed by atoms with van der Waals surface area (Å²) >= 11 is 0. The average molecular weight is 268 g/mol. The lowest BCUT2D eigenvalue weighted by Crippen LogP contribution is -2.16. The predicted octanol–water partition coefficient (Wildman–Crippen LogP) is 2.95. The molecular weight excluding hydrogens is 252 g/mol. The van der Waals surface area contributed by atoms with E-state index in [1.54, 1.807) is 25.1 Å². The third-order valence-corrected chi connectivity index (χ3v) is 2.34. The Kier molecular flexibility index (Phi) is 5.81. The summed E-state index contributed by atoms with van der Waals surface area (Å²) < 4.78 is 4.73. The van der Waals surface area contributed by atoms with Gasteiger partial charge in [-0.2, -0.15) is 0 Å². The summed E-state index contributed by atoms with van der Waals surface area (Å²) in [6.45, 7) is 5.37. The van der Waals surface area contributed by atoms with E-state index >= 15 is 0 Å². The van der Waals surface area contributed by atoms with Gasteiger partial charge in [-0.1, -0.05) is 24.6 Å². The second-order valence-electron chi connectivity index (χ2n) is 3.98. The van der Waals surface area contributed by atoms with E-state index in [-0.39, 0.29) is 6.10 Å². The molecule has 0 bridgehead atoms. The maximum atomic E-state index is 11.5. The first-order chi connectivity index (χ1) is 9.02. The molecular formula is C13H16O6. The molecule has 6 heteroatoms. The van der Waals surface area contributed by atoms with E-state index in [2.05, 4.69) is 14.8 Å². The number of aryl methyl sites for hydroxylation is 1. The first-order valence-corrected chi connectivity index (χ1v) is 5.85. The van der Waals surface area contributed by atoms with Crippen LogP contribution in [0.5, 0.6) is 0 Å². The maximum Gasteiger partial charge on any atom is 0.543 e. The number of hydrogen-bond donors (Lipinski definition) is 0. The summed E-state index contributed by atoms with van der Waals surface area (Å²) in [5.74, 6) is -0.764. The molecule has 19 heavy (non-hydrogen) atoms. The Morgan fingerprint density at radius 1 is 1.26 bits per heavy atom. The van der Waals surface area contributed by atoms with Crippen LogP contribution < -0.4 is 0 Å². The Balaban J connectivity index is 2.33. The van der Waals surface area contributed by atoms with Gasteiger partial charge in [-0.25, -0.2) is 14.5 Å². The summed E-state index contributed by atoms with van der Waals surface area (Å²) in [5.41, 5.74) is 1.19. The molecule has 1 atom stereocenters. The number of hydrogen-bond acceptors (Lipinski definition) is 6. The van der Waals surface area contributed by atoms with Crippen molar-refractivity contribution in [1.82, 2.24) is 0 Å². The van der Waals surface area contributed by atoms with Gasteiger partial charge in [0.25, 0.3) is 0 Å². The van der Waals surface area contributed by atoms with Crippen molar-refractivity contribution in [1.29, 1.82) is 0 Å². The Bertz CT molecular complexity index is 443. The smallest absolute Gasteiger partial charge is 0.429 e. The zero-order chi connectivity index (χ0) is 14.3. The zero-order valence-corrected chi connectivity index (χ0v) is 11.0. The van der Waals surface area contributed by atoms with Gasteiger partial charge in [0.05, 0.1) is 10.6 Å². The van der Waals surface area contributed by atoms with E-state index in [0.29, 0.717) is 12.0 Å². The van der Waals surface area contributed by atoms with Gasteiger partial charge in [-0.05, 0) is 32.4 Å². The van der Waals surface area contributed by atoms with Gasteiger partial charge in [0.15, 0.2) is 0 Å². The molecule has 0 N–H and O–H groups in total. The highest BCUT2D eigenvalue weighted by molar-refractivity contribution is 5.89. The van der Waals surface area contributed by atoms with E-state index < -0.39 is 12.1 Å². The number of rotatable bonds is 5. The minimum Gasteiger partial charge on any atom is -0.429 e. The van der Waals surface area contributed by atoms with Gasteiger partial charge in [0.2, 0.25) is 0 Å². The third-order valence-electron chi connectivity index (χ3n) is 2.34. The number of carbonyl (C=O) groups excluding carboxylic acids is 2. The van der Waals surface area contributed by atoms with Crippen molar-refractivity contribution in [3.8, 4) is 0 Å². The zero-order valence-electron chi connectivity index (χ0n) is 11.0. The van der Waals surface area contributed by atoms with E-state index in [4.69, 9.17) is 4.74 Å². The van der Waals surface area contributed by atoms with Crippen LogP contribution in [0.25, 0.3) is 0 Å². The number of benzene rings is 1. The van der Waals surface area contributed by atoms with Gasteiger partial charge >= 0.3 is 12.1 Å². The van der Waals surface area contributed by atoms with Crippen LogP contribution in [0.3, 0.4) is 0 Å². The highest BCUT2D eigenvalue weighted by atomic mass is 17.5. The molecule has 1 unspecified atom stereocenters. The van der Waals surface area contributed by atoms with Crippen LogP contribution in [0, 0.1) is 6.92 Å². The summed E-state index contributed by atoms with van der Waals surface area (Å²) in [4.78, 5) is 30.9. The highest BCUT2D eigenvalue weighted by Gasteiger charge is 2.13. The lowest BCUT2D eigenvalue weighted by atomic mass is 10.1. The molecule has 0 aliphatic carbocycles. The number of ether oxygens (including phenoxy) is 1. The fraction of sp³-hybridized carbons (Fsp3) is 0.385. The van der Waals surface area contributed by atoms with E-state index in [1.165, 1.54) is 0 Å². The molecule has 0 aromatic heterocycles. The lowest BCUT2D eigenvalue weighted by Gasteiger charge is -2.08. The predicted molar refractivity (Wildman–Crippen MR) is 65.0 cm³/mol. The molecule has 1 rings (SSSR count). The lowest BCUT2D eigenvalue weighted by molar-refractivity contribution is -0.452. The van der Waals surface area contributed by atoms with Crippen LogP contribution in [0.2, 0.25) is 0 Å². The second kappa shape index (κ2) is 7.38. The SMILES string of the molecule is CCC(C)OC(=O)OOOC(=O)c1cccc(C)c1. The molecule has 0 saturated carbocycles. The van der Waals surface area contributed by atoms with Crippen LogP contribution in [-0.2, 0) is 19.6 Å². The number of carbonyl (C=O) groups is 2. The largest absolute Gasteiger partial charge is 0.543 e. The average Bonchev–Trinajstić information content (AvgIpc) is 2.38. The Hall–Kier alpha value is -2.08. The quantitative estimate of drug-likeness (QED) is 0.464. The summed E-state index contributed by atoms with van der Waals surface area (Å²) in [5, 5.41) is 4.07. The Labute approximate surface area is 111 Å². The Morgan fingerprint density at radius 2 is 2.00 bits per heavy atom. The van der Waals surface area contributed by atoms with E-state index in [9.17, 15) is 9.59 Å². The Morgan fingerprint density at radius 3 is 2.63 bits per heavy atom. The highest BCUT2D eigenvalue weighted by Crippen LogP contribution is 2.06. The van der Waals surface area contributed by atoms with Crippen molar-refractivity contribution in [3.63, 3.8) is 0 Å². The molecule has 0 radical (unpaired) electrons. The van der Waals surface area contributed by atoms with Crippen molar-refractivity contribution in [3.05, 3.63) is 35.4 Å². The molecule has 0 aliphatic heterocycles. The van der Waals surface area contributed by atoms with Gasteiger partial charge in [-0.15, -0.1) is 0 Å². The molecule has 0 aliphatic rings. The fourth-order valence-electron chi connectivity index (χ4n) is 1.16. The molecule has 0 fully saturated rings. The third kappa shape index (κ3) is 5.39. The topological polar surface area (TPSA) is 71.1 Å². The van der Waals surface area contributed by atoms with Crippen molar-refractivity contribution >= 4 is 12.1 Å². The van der Waals surface area contributed by atoms with Crippen molar-refractivity contribution in [2.24, 2.45) is 0 Å². The van der Waals surface area contributed by atoms with Crippen molar-refractivity contribution in [2.45, 2.75) is 33.3 Å². The molecule has 1 aromatic rings. The standard InChI is InChI=1S/C13H16O6/c1-4-10(3)16-13(15)18-19-17-12(14)11-7-5-6-9(2)8-11/h5-8,10H,4H2,1-3H3. The molecule has 104 valence electrons. The first kappa shape index (κ1) is 15.0. The summed E-state index contributed by atoms with van der Waals surface area (Å²) in [6.07, 6.45) is -0.729. The van der Waals surface area contributed by atoms with Crippen LogP contribution >= 0.6 is 0 Å². The summed E-state index contributed by atoms with van der Waals surface area (Å²) in [7, 11) is 0. The molecule has 1 aromatic carbocycles. The fourth-order valence-corrected chi connectivity index (χ4v) is 1.16. The second-order valence-corrected chi connectivity index (χ2v) is 3.98. The molecule has 0 amide bonds. The van der Waals surface area contributed by atoms with Crippen molar-refractivity contribution < 1.29 is 29.1 Å². The van der Waals surface area contributed by atoms with Crippen molar-refractivity contribution in [2.75, 3.05) is 0 Å². The first-order valence-electron chi connectivity index (χ1n) is 5.85. The van der Waals surface area contributed by atoms with E-state index in [1.807, 2.05) is 19.9 Å². The maximum absolute atomic E-state index is 11.5. The molecule has 0 spiro atoms.